The van der Waals surface area contributed by atoms with Gasteiger partial charge in [0.25, 0.3) is 0 Å². The van der Waals surface area contributed by atoms with Crippen LogP contribution in [0.15, 0.2) is 48.5 Å². The summed E-state index contributed by atoms with van der Waals surface area (Å²) in [6.07, 6.45) is 1.20. The van der Waals surface area contributed by atoms with Crippen molar-refractivity contribution >= 4 is 16.9 Å². The normalized spacial score (nSPS) is 10.8. The molecule has 1 heterocycles. The summed E-state index contributed by atoms with van der Waals surface area (Å²) in [5.74, 6) is 1.90. The first-order valence-electron chi connectivity index (χ1n) is 9.07. The van der Waals surface area contributed by atoms with Gasteiger partial charge in [0, 0.05) is 19.4 Å². The van der Waals surface area contributed by atoms with E-state index in [1.165, 1.54) is 5.56 Å². The summed E-state index contributed by atoms with van der Waals surface area (Å²) < 4.78 is 8.06. The van der Waals surface area contributed by atoms with E-state index in [4.69, 9.17) is 9.72 Å². The quantitative estimate of drug-likeness (QED) is 0.676. The zero-order valence-corrected chi connectivity index (χ0v) is 15.4. The Bertz CT molecular complexity index is 869. The second-order valence-corrected chi connectivity index (χ2v) is 6.28. The molecule has 0 fully saturated rings. The summed E-state index contributed by atoms with van der Waals surface area (Å²) in [6, 6.07) is 16.2. The third-order valence-corrected chi connectivity index (χ3v) is 4.33. The van der Waals surface area contributed by atoms with E-state index >= 15 is 0 Å². The van der Waals surface area contributed by atoms with Gasteiger partial charge >= 0.3 is 0 Å². The van der Waals surface area contributed by atoms with Gasteiger partial charge < -0.3 is 14.6 Å². The molecule has 3 aromatic rings. The lowest BCUT2D eigenvalue weighted by Gasteiger charge is -2.11. The summed E-state index contributed by atoms with van der Waals surface area (Å²) in [4.78, 5) is 16.2. The minimum atomic E-state index is 0.0652. The van der Waals surface area contributed by atoms with E-state index in [2.05, 4.69) is 22.9 Å². The predicted molar refractivity (Wildman–Crippen MR) is 103 cm³/mol. The molecule has 3 rings (SSSR count). The Hall–Kier alpha value is -2.82. The highest BCUT2D eigenvalue weighted by molar-refractivity contribution is 5.76. The number of aryl methyl sites for hydroxylation is 1. The fourth-order valence-electron chi connectivity index (χ4n) is 2.89. The Morgan fingerprint density at radius 3 is 2.69 bits per heavy atom. The predicted octanol–water partition coefficient (Wildman–Crippen LogP) is 3.49. The number of para-hydroxylation sites is 2. The number of ether oxygens (including phenoxy) is 1. The van der Waals surface area contributed by atoms with E-state index in [-0.39, 0.29) is 5.91 Å². The van der Waals surface area contributed by atoms with E-state index < -0.39 is 0 Å². The zero-order chi connectivity index (χ0) is 18.4. The number of benzene rings is 2. The standard InChI is InChI=1S/C21H25N3O2/c1-3-21(25)22-13-12-20-23-18-6-4-5-7-19(18)24(20)14-15-26-17-10-8-16(2)9-11-17/h4-11H,3,12-15H2,1-2H3,(H,22,25). The molecule has 26 heavy (non-hydrogen) atoms. The van der Waals surface area contributed by atoms with Gasteiger partial charge in [0.2, 0.25) is 5.91 Å². The highest BCUT2D eigenvalue weighted by Gasteiger charge is 2.10. The molecule has 0 bridgehead atoms. The van der Waals surface area contributed by atoms with Crippen molar-refractivity contribution in [2.75, 3.05) is 13.2 Å². The molecule has 0 spiro atoms. The minimum absolute atomic E-state index is 0.0652. The van der Waals surface area contributed by atoms with E-state index in [9.17, 15) is 4.79 Å². The van der Waals surface area contributed by atoms with Crippen LogP contribution in [-0.2, 0) is 17.8 Å². The molecule has 1 N–H and O–H groups in total. The lowest BCUT2D eigenvalue weighted by molar-refractivity contribution is -0.120. The molecule has 0 atom stereocenters. The van der Waals surface area contributed by atoms with E-state index in [1.54, 1.807) is 0 Å². The van der Waals surface area contributed by atoms with E-state index in [1.807, 2.05) is 49.4 Å². The monoisotopic (exact) mass is 351 g/mol. The molecule has 136 valence electrons. The van der Waals surface area contributed by atoms with Gasteiger partial charge in [-0.25, -0.2) is 4.98 Å². The fraction of sp³-hybridized carbons (Fsp3) is 0.333. The molecule has 0 unspecified atom stereocenters. The van der Waals surface area contributed by atoms with Crippen LogP contribution in [0.4, 0.5) is 0 Å². The Morgan fingerprint density at radius 2 is 1.92 bits per heavy atom. The largest absolute Gasteiger partial charge is 0.492 e. The van der Waals surface area contributed by atoms with Crippen LogP contribution in [0.25, 0.3) is 11.0 Å². The summed E-state index contributed by atoms with van der Waals surface area (Å²) in [5, 5.41) is 2.92. The molecular weight excluding hydrogens is 326 g/mol. The molecule has 0 aliphatic carbocycles. The van der Waals surface area contributed by atoms with Gasteiger partial charge in [-0.15, -0.1) is 0 Å². The number of carbonyl (C=O) groups is 1. The molecule has 0 aliphatic rings. The summed E-state index contributed by atoms with van der Waals surface area (Å²) in [5.41, 5.74) is 3.28. The van der Waals surface area contributed by atoms with Crippen molar-refractivity contribution in [3.8, 4) is 5.75 Å². The van der Waals surface area contributed by atoms with E-state index in [0.717, 1.165) is 22.6 Å². The second kappa shape index (κ2) is 8.52. The van der Waals surface area contributed by atoms with Gasteiger partial charge in [-0.2, -0.15) is 0 Å². The van der Waals surface area contributed by atoms with Crippen molar-refractivity contribution in [3.63, 3.8) is 0 Å². The maximum atomic E-state index is 11.5. The van der Waals surface area contributed by atoms with Crippen molar-refractivity contribution in [1.82, 2.24) is 14.9 Å². The number of amides is 1. The topological polar surface area (TPSA) is 56.2 Å². The molecule has 5 heteroatoms. The lowest BCUT2D eigenvalue weighted by Crippen LogP contribution is -2.25. The van der Waals surface area contributed by atoms with E-state index in [0.29, 0.717) is 32.5 Å². The summed E-state index contributed by atoms with van der Waals surface area (Å²) in [6.45, 7) is 5.79. The number of carbonyl (C=O) groups excluding carboxylic acids is 1. The molecule has 1 amide bonds. The summed E-state index contributed by atoms with van der Waals surface area (Å²) in [7, 11) is 0. The van der Waals surface area contributed by atoms with Crippen LogP contribution in [0.5, 0.6) is 5.75 Å². The lowest BCUT2D eigenvalue weighted by atomic mass is 10.2. The van der Waals surface area contributed by atoms with Crippen LogP contribution < -0.4 is 10.1 Å². The number of hydrogen-bond donors (Lipinski definition) is 1. The number of aromatic nitrogens is 2. The number of fused-ring (bicyclic) bond motifs is 1. The first-order chi connectivity index (χ1) is 12.7. The van der Waals surface area contributed by atoms with Gasteiger partial charge in [0.15, 0.2) is 0 Å². The van der Waals surface area contributed by atoms with Crippen LogP contribution in [0.2, 0.25) is 0 Å². The van der Waals surface area contributed by atoms with Gasteiger partial charge in [-0.1, -0.05) is 36.8 Å². The highest BCUT2D eigenvalue weighted by Crippen LogP contribution is 2.17. The molecule has 5 nitrogen and oxygen atoms in total. The number of imidazole rings is 1. The average molecular weight is 351 g/mol. The Balaban J connectivity index is 1.69. The molecule has 0 aliphatic heterocycles. The maximum absolute atomic E-state index is 11.5. The Kier molecular flexibility index (Phi) is 5.89. The summed E-state index contributed by atoms with van der Waals surface area (Å²) >= 11 is 0. The van der Waals surface area contributed by atoms with Crippen molar-refractivity contribution in [1.29, 1.82) is 0 Å². The van der Waals surface area contributed by atoms with Gasteiger partial charge in [-0.05, 0) is 31.2 Å². The van der Waals surface area contributed by atoms with Crippen LogP contribution >= 0.6 is 0 Å². The molecule has 0 radical (unpaired) electrons. The Morgan fingerprint density at radius 1 is 1.15 bits per heavy atom. The molecule has 2 aromatic carbocycles. The molecule has 0 saturated heterocycles. The number of nitrogens with zero attached hydrogens (tertiary/aromatic N) is 2. The molecule has 0 saturated carbocycles. The second-order valence-electron chi connectivity index (χ2n) is 6.28. The van der Waals surface area contributed by atoms with Crippen molar-refractivity contribution < 1.29 is 9.53 Å². The van der Waals surface area contributed by atoms with Crippen LogP contribution in [0.3, 0.4) is 0 Å². The van der Waals surface area contributed by atoms with Crippen molar-refractivity contribution in [3.05, 3.63) is 59.9 Å². The first-order valence-corrected chi connectivity index (χ1v) is 9.07. The van der Waals surface area contributed by atoms with Crippen LogP contribution in [0, 0.1) is 6.92 Å². The van der Waals surface area contributed by atoms with Crippen LogP contribution in [0.1, 0.15) is 24.7 Å². The Labute approximate surface area is 154 Å². The zero-order valence-electron chi connectivity index (χ0n) is 15.4. The highest BCUT2D eigenvalue weighted by atomic mass is 16.5. The minimum Gasteiger partial charge on any atom is -0.492 e. The van der Waals surface area contributed by atoms with Gasteiger partial charge in [-0.3, -0.25) is 4.79 Å². The van der Waals surface area contributed by atoms with Crippen LogP contribution in [-0.4, -0.2) is 28.6 Å². The first kappa shape index (κ1) is 18.0. The fourth-order valence-corrected chi connectivity index (χ4v) is 2.89. The maximum Gasteiger partial charge on any atom is 0.219 e. The van der Waals surface area contributed by atoms with Gasteiger partial charge in [0.05, 0.1) is 17.6 Å². The average Bonchev–Trinajstić information content (AvgIpc) is 3.01. The SMILES string of the molecule is CCC(=O)NCCc1nc2ccccc2n1CCOc1ccc(C)cc1. The van der Waals surface area contributed by atoms with Crippen molar-refractivity contribution in [2.24, 2.45) is 0 Å². The number of hydrogen-bond acceptors (Lipinski definition) is 3. The molecule has 1 aromatic heterocycles. The third-order valence-electron chi connectivity index (χ3n) is 4.33. The van der Waals surface area contributed by atoms with Gasteiger partial charge in [0.1, 0.15) is 18.2 Å². The third kappa shape index (κ3) is 4.42. The number of rotatable bonds is 8. The molecular formula is C21H25N3O2. The smallest absolute Gasteiger partial charge is 0.219 e. The number of nitrogens with one attached hydrogen (secondary N) is 1. The van der Waals surface area contributed by atoms with Crippen molar-refractivity contribution in [2.45, 2.75) is 33.2 Å².